The number of amides is 1. The minimum absolute atomic E-state index is 0.221. The highest BCUT2D eigenvalue weighted by Gasteiger charge is 2.32. The van der Waals surface area contributed by atoms with Crippen LogP contribution in [0.3, 0.4) is 0 Å². The molecule has 1 amide bonds. The molecule has 3 nitrogen and oxygen atoms in total. The van der Waals surface area contributed by atoms with E-state index < -0.39 is 0 Å². The van der Waals surface area contributed by atoms with Crippen LogP contribution in [-0.2, 0) is 9.53 Å². The number of rotatable bonds is 3. The number of ether oxygens (including phenoxy) is 1. The van der Waals surface area contributed by atoms with Gasteiger partial charge in [-0.3, -0.25) is 4.79 Å². The van der Waals surface area contributed by atoms with E-state index in [2.05, 4.69) is 19.2 Å². The number of hydrogen-bond donors (Lipinski definition) is 1. The Morgan fingerprint density at radius 3 is 2.58 bits per heavy atom. The zero-order chi connectivity index (χ0) is 9.03. The molecule has 0 aromatic carbocycles. The molecule has 70 valence electrons. The van der Waals surface area contributed by atoms with Gasteiger partial charge in [0.05, 0.1) is 0 Å². The van der Waals surface area contributed by atoms with Crippen LogP contribution in [0.5, 0.6) is 0 Å². The third-order valence-electron chi connectivity index (χ3n) is 3.00. The van der Waals surface area contributed by atoms with E-state index in [1.807, 2.05) is 0 Å². The number of hydrogen-bond acceptors (Lipinski definition) is 2. The fraction of sp³-hybridized carbons (Fsp3) is 0.889. The molecule has 1 fully saturated rings. The molecule has 1 unspecified atom stereocenters. The Labute approximate surface area is 73.5 Å². The monoisotopic (exact) mass is 171 g/mol. The van der Waals surface area contributed by atoms with Gasteiger partial charge in [0, 0.05) is 19.3 Å². The molecule has 1 aliphatic rings. The highest BCUT2D eigenvalue weighted by molar-refractivity contribution is 5.46. The van der Waals surface area contributed by atoms with Gasteiger partial charge >= 0.3 is 0 Å². The molecule has 1 N–H and O–H groups in total. The minimum atomic E-state index is 0.221. The van der Waals surface area contributed by atoms with E-state index in [0.717, 1.165) is 32.5 Å². The third-order valence-corrected chi connectivity index (χ3v) is 3.00. The Balaban J connectivity index is 2.49. The van der Waals surface area contributed by atoms with Gasteiger partial charge in [0.2, 0.25) is 6.41 Å². The largest absolute Gasteiger partial charge is 0.381 e. The topological polar surface area (TPSA) is 38.3 Å². The zero-order valence-corrected chi connectivity index (χ0v) is 7.80. The first-order valence-corrected chi connectivity index (χ1v) is 4.46. The number of carbonyl (C=O) groups is 1. The normalized spacial score (nSPS) is 24.5. The summed E-state index contributed by atoms with van der Waals surface area (Å²) in [4.78, 5) is 10.3. The van der Waals surface area contributed by atoms with Gasteiger partial charge < -0.3 is 10.1 Å². The van der Waals surface area contributed by atoms with Crippen molar-refractivity contribution in [2.45, 2.75) is 32.7 Å². The molecule has 1 aliphatic heterocycles. The van der Waals surface area contributed by atoms with Crippen molar-refractivity contribution >= 4 is 6.41 Å². The maximum atomic E-state index is 10.3. The van der Waals surface area contributed by atoms with Crippen molar-refractivity contribution in [3.8, 4) is 0 Å². The Morgan fingerprint density at radius 2 is 2.08 bits per heavy atom. The molecule has 0 aliphatic carbocycles. The quantitative estimate of drug-likeness (QED) is 0.642. The molecule has 0 aromatic rings. The highest BCUT2D eigenvalue weighted by atomic mass is 16.5. The lowest BCUT2D eigenvalue weighted by Crippen LogP contribution is -2.44. The van der Waals surface area contributed by atoms with Crippen molar-refractivity contribution < 1.29 is 9.53 Å². The van der Waals surface area contributed by atoms with Crippen molar-refractivity contribution in [1.29, 1.82) is 0 Å². The van der Waals surface area contributed by atoms with E-state index in [9.17, 15) is 4.79 Å². The molecule has 3 heteroatoms. The third kappa shape index (κ3) is 1.97. The molecule has 0 spiro atoms. The molecular formula is C9H17NO2. The number of carbonyl (C=O) groups excluding carboxylic acids is 1. The van der Waals surface area contributed by atoms with Crippen molar-refractivity contribution in [3.63, 3.8) is 0 Å². The second-order valence-electron chi connectivity index (χ2n) is 3.77. The van der Waals surface area contributed by atoms with Gasteiger partial charge in [-0.25, -0.2) is 0 Å². The molecule has 0 saturated carbocycles. The highest BCUT2D eigenvalue weighted by Crippen LogP contribution is 2.32. The van der Waals surface area contributed by atoms with Crippen molar-refractivity contribution in [3.05, 3.63) is 0 Å². The summed E-state index contributed by atoms with van der Waals surface area (Å²) in [6.45, 7) is 5.90. The summed E-state index contributed by atoms with van der Waals surface area (Å²) in [6.07, 6.45) is 2.86. The maximum Gasteiger partial charge on any atom is 0.207 e. The molecule has 12 heavy (non-hydrogen) atoms. The van der Waals surface area contributed by atoms with E-state index in [-0.39, 0.29) is 11.5 Å². The van der Waals surface area contributed by atoms with Gasteiger partial charge in [-0.1, -0.05) is 6.92 Å². The summed E-state index contributed by atoms with van der Waals surface area (Å²) in [5, 5.41) is 2.82. The lowest BCUT2D eigenvalue weighted by Gasteiger charge is -2.38. The smallest absolute Gasteiger partial charge is 0.207 e. The van der Waals surface area contributed by atoms with Crippen LogP contribution < -0.4 is 5.32 Å². The Kier molecular flexibility index (Phi) is 3.09. The van der Waals surface area contributed by atoms with Gasteiger partial charge in [0.1, 0.15) is 0 Å². The van der Waals surface area contributed by atoms with E-state index in [0.29, 0.717) is 0 Å². The van der Waals surface area contributed by atoms with Crippen molar-refractivity contribution in [2.75, 3.05) is 13.2 Å². The van der Waals surface area contributed by atoms with Crippen LogP contribution in [0.25, 0.3) is 0 Å². The van der Waals surface area contributed by atoms with Crippen LogP contribution in [0.15, 0.2) is 0 Å². The molecule has 1 saturated heterocycles. The molecule has 1 rings (SSSR count). The summed E-state index contributed by atoms with van der Waals surface area (Å²) in [7, 11) is 0. The summed E-state index contributed by atoms with van der Waals surface area (Å²) in [5.74, 6) is 0. The van der Waals surface area contributed by atoms with Crippen LogP contribution in [0.2, 0.25) is 0 Å². The summed E-state index contributed by atoms with van der Waals surface area (Å²) >= 11 is 0. The van der Waals surface area contributed by atoms with Gasteiger partial charge in [0.25, 0.3) is 0 Å². The van der Waals surface area contributed by atoms with E-state index in [1.165, 1.54) is 0 Å². The van der Waals surface area contributed by atoms with Crippen molar-refractivity contribution in [1.82, 2.24) is 5.32 Å². The second kappa shape index (κ2) is 3.90. The second-order valence-corrected chi connectivity index (χ2v) is 3.77. The number of nitrogens with one attached hydrogen (secondary N) is 1. The van der Waals surface area contributed by atoms with Gasteiger partial charge in [-0.15, -0.1) is 0 Å². The first kappa shape index (κ1) is 9.52. The fourth-order valence-electron chi connectivity index (χ4n) is 1.57. The van der Waals surface area contributed by atoms with Crippen LogP contribution in [0, 0.1) is 5.41 Å². The summed E-state index contributed by atoms with van der Waals surface area (Å²) in [5.41, 5.74) is 0.221. The standard InChI is InChI=1S/C9H17NO2/c1-8(10-7-11)9(2)3-5-12-6-4-9/h7-8H,3-6H2,1-2H3,(H,10,11). The Hall–Kier alpha value is -0.570. The maximum absolute atomic E-state index is 10.3. The average molecular weight is 171 g/mol. The van der Waals surface area contributed by atoms with E-state index in [1.54, 1.807) is 0 Å². The first-order chi connectivity index (χ1) is 5.69. The van der Waals surface area contributed by atoms with Crippen LogP contribution in [0.1, 0.15) is 26.7 Å². The van der Waals surface area contributed by atoms with Crippen molar-refractivity contribution in [2.24, 2.45) is 5.41 Å². The van der Waals surface area contributed by atoms with Gasteiger partial charge in [-0.2, -0.15) is 0 Å². The van der Waals surface area contributed by atoms with Gasteiger partial charge in [-0.05, 0) is 25.2 Å². The van der Waals surface area contributed by atoms with E-state index in [4.69, 9.17) is 4.74 Å². The lowest BCUT2D eigenvalue weighted by atomic mass is 9.76. The molecule has 0 aromatic heterocycles. The van der Waals surface area contributed by atoms with Crippen LogP contribution in [-0.4, -0.2) is 25.7 Å². The van der Waals surface area contributed by atoms with Crippen LogP contribution in [0.4, 0.5) is 0 Å². The zero-order valence-electron chi connectivity index (χ0n) is 7.80. The minimum Gasteiger partial charge on any atom is -0.381 e. The molecular weight excluding hydrogens is 154 g/mol. The average Bonchev–Trinajstić information content (AvgIpc) is 2.06. The first-order valence-electron chi connectivity index (χ1n) is 4.46. The summed E-state index contributed by atoms with van der Waals surface area (Å²) < 4.78 is 5.28. The summed E-state index contributed by atoms with van der Waals surface area (Å²) in [6, 6.07) is 0.249. The Morgan fingerprint density at radius 1 is 1.50 bits per heavy atom. The van der Waals surface area contributed by atoms with Crippen LogP contribution >= 0.6 is 0 Å². The Bertz CT molecular complexity index is 153. The molecule has 0 radical (unpaired) electrons. The lowest BCUT2D eigenvalue weighted by molar-refractivity contribution is -0.111. The fourth-order valence-corrected chi connectivity index (χ4v) is 1.57. The SMILES string of the molecule is CC(NC=O)C1(C)CCOCC1. The van der Waals surface area contributed by atoms with Gasteiger partial charge in [0.15, 0.2) is 0 Å². The van der Waals surface area contributed by atoms with E-state index >= 15 is 0 Å². The predicted octanol–water partition coefficient (Wildman–Crippen LogP) is 0.938. The molecule has 1 heterocycles. The predicted molar refractivity (Wildman–Crippen MR) is 46.8 cm³/mol. The molecule has 0 bridgehead atoms. The molecule has 1 atom stereocenters.